The fourth-order valence-electron chi connectivity index (χ4n) is 3.52. The van der Waals surface area contributed by atoms with Crippen LogP contribution < -0.4 is 0 Å². The van der Waals surface area contributed by atoms with Gasteiger partial charge in [0.2, 0.25) is 0 Å². The van der Waals surface area contributed by atoms with Gasteiger partial charge in [-0.2, -0.15) is 0 Å². The van der Waals surface area contributed by atoms with E-state index in [9.17, 15) is 0 Å². The molecule has 0 spiro atoms. The molecular weight excluding hydrogens is 284 g/mol. The summed E-state index contributed by atoms with van der Waals surface area (Å²) in [7, 11) is 0. The van der Waals surface area contributed by atoms with Crippen LogP contribution in [0.3, 0.4) is 0 Å². The highest BCUT2D eigenvalue weighted by Crippen LogP contribution is 2.35. The lowest BCUT2D eigenvalue weighted by Crippen LogP contribution is -2.24. The van der Waals surface area contributed by atoms with Crippen LogP contribution in [-0.2, 0) is 6.42 Å². The maximum Gasteiger partial charge on any atom is 0.160 e. The molecule has 2 fully saturated rings. The van der Waals surface area contributed by atoms with Crippen molar-refractivity contribution in [3.63, 3.8) is 0 Å². The molecule has 3 heterocycles. The summed E-state index contributed by atoms with van der Waals surface area (Å²) in [6, 6.07) is 3.48. The first-order valence-electron chi connectivity index (χ1n) is 7.89. The molecule has 0 aromatic carbocycles. The second-order valence-corrected chi connectivity index (χ2v) is 6.74. The predicted octanol–water partition coefficient (Wildman–Crippen LogP) is 2.93. The first kappa shape index (κ1) is 13.5. The van der Waals surface area contributed by atoms with E-state index in [2.05, 4.69) is 27.4 Å². The summed E-state index contributed by atoms with van der Waals surface area (Å²) in [4.78, 5) is 12.1. The number of hydrogen-bond acceptors (Lipinski definition) is 3. The molecule has 1 saturated carbocycles. The largest absolute Gasteiger partial charge is 0.308 e. The molecule has 21 heavy (non-hydrogen) atoms. The van der Waals surface area contributed by atoms with Gasteiger partial charge in [-0.25, -0.2) is 9.97 Å². The van der Waals surface area contributed by atoms with E-state index in [1.54, 1.807) is 0 Å². The van der Waals surface area contributed by atoms with Crippen LogP contribution in [0.1, 0.15) is 36.7 Å². The maximum atomic E-state index is 5.98. The van der Waals surface area contributed by atoms with Crippen molar-refractivity contribution in [3.05, 3.63) is 23.7 Å². The summed E-state index contributed by atoms with van der Waals surface area (Å²) in [5.74, 6) is 1.71. The molecule has 1 atom stereocenters. The van der Waals surface area contributed by atoms with E-state index in [0.717, 1.165) is 41.6 Å². The van der Waals surface area contributed by atoms with Gasteiger partial charge in [-0.1, -0.05) is 0 Å². The Bertz CT molecular complexity index is 662. The van der Waals surface area contributed by atoms with Gasteiger partial charge in [0.25, 0.3) is 0 Å². The van der Waals surface area contributed by atoms with E-state index in [0.29, 0.717) is 11.9 Å². The van der Waals surface area contributed by atoms with E-state index in [-0.39, 0.29) is 0 Å². The average Bonchev–Trinajstić information content (AvgIpc) is 3.10. The molecule has 0 bridgehead atoms. The quantitative estimate of drug-likeness (QED) is 0.815. The van der Waals surface area contributed by atoms with Crippen LogP contribution in [0.4, 0.5) is 0 Å². The molecule has 112 valence electrons. The minimum Gasteiger partial charge on any atom is -0.308 e. The van der Waals surface area contributed by atoms with Crippen molar-refractivity contribution < 1.29 is 0 Å². The Morgan fingerprint density at radius 2 is 2.14 bits per heavy atom. The zero-order chi connectivity index (χ0) is 14.4. The fraction of sp³-hybridized carbons (Fsp3) is 0.625. The standard InChI is InChI=1S/C16H21ClN4/c1-11-8-14-16(18-9-11)21(15(19-14)4-6-17)13-5-7-20(10-13)12-2-3-12/h8-9,12-13H,2-7,10H2,1H3. The summed E-state index contributed by atoms with van der Waals surface area (Å²) in [6.45, 7) is 4.42. The molecule has 1 unspecified atom stereocenters. The fourth-order valence-corrected chi connectivity index (χ4v) is 3.69. The lowest BCUT2D eigenvalue weighted by atomic mass is 10.2. The van der Waals surface area contributed by atoms with E-state index in [4.69, 9.17) is 16.6 Å². The first-order chi connectivity index (χ1) is 10.3. The van der Waals surface area contributed by atoms with Crippen molar-refractivity contribution in [2.75, 3.05) is 19.0 Å². The molecule has 2 aromatic rings. The van der Waals surface area contributed by atoms with Gasteiger partial charge in [0.05, 0.1) is 6.04 Å². The van der Waals surface area contributed by atoms with E-state index in [1.165, 1.54) is 25.8 Å². The number of likely N-dealkylation sites (tertiary alicyclic amines) is 1. The highest BCUT2D eigenvalue weighted by molar-refractivity contribution is 6.17. The van der Waals surface area contributed by atoms with Gasteiger partial charge in [0, 0.05) is 37.6 Å². The number of aromatic nitrogens is 3. The Morgan fingerprint density at radius 3 is 2.90 bits per heavy atom. The van der Waals surface area contributed by atoms with Crippen molar-refractivity contribution in [1.29, 1.82) is 0 Å². The topological polar surface area (TPSA) is 34.0 Å². The molecule has 2 aromatic heterocycles. The molecule has 0 N–H and O–H groups in total. The average molecular weight is 305 g/mol. The number of hydrogen-bond donors (Lipinski definition) is 0. The summed E-state index contributed by atoms with van der Waals surface area (Å²) in [6.07, 6.45) is 6.72. The predicted molar refractivity (Wildman–Crippen MR) is 84.9 cm³/mol. The zero-order valence-corrected chi connectivity index (χ0v) is 13.2. The number of nitrogens with zero attached hydrogens (tertiary/aromatic N) is 4. The molecule has 5 heteroatoms. The number of halogens is 1. The van der Waals surface area contributed by atoms with Crippen molar-refractivity contribution in [2.45, 2.75) is 44.7 Å². The van der Waals surface area contributed by atoms with Gasteiger partial charge >= 0.3 is 0 Å². The highest BCUT2D eigenvalue weighted by Gasteiger charge is 2.36. The number of rotatable bonds is 4. The van der Waals surface area contributed by atoms with Crippen LogP contribution in [0.2, 0.25) is 0 Å². The number of aryl methyl sites for hydroxylation is 2. The SMILES string of the molecule is Cc1cnc2c(c1)nc(CCCl)n2C1CCN(C2CC2)C1. The lowest BCUT2D eigenvalue weighted by molar-refractivity contribution is 0.313. The summed E-state index contributed by atoms with van der Waals surface area (Å²) in [5.41, 5.74) is 3.21. The van der Waals surface area contributed by atoms with E-state index >= 15 is 0 Å². The number of imidazole rings is 1. The van der Waals surface area contributed by atoms with Gasteiger partial charge in [-0.15, -0.1) is 11.6 Å². The summed E-state index contributed by atoms with van der Waals surface area (Å²) in [5, 5.41) is 0. The second kappa shape index (κ2) is 5.25. The minimum atomic E-state index is 0.504. The third-order valence-corrected chi connectivity index (χ3v) is 4.87. The van der Waals surface area contributed by atoms with Crippen LogP contribution >= 0.6 is 11.6 Å². The number of pyridine rings is 1. The zero-order valence-electron chi connectivity index (χ0n) is 12.4. The molecule has 0 amide bonds. The molecule has 0 radical (unpaired) electrons. The molecule has 2 aliphatic rings. The van der Waals surface area contributed by atoms with Gasteiger partial charge in [-0.05, 0) is 37.8 Å². The Kier molecular flexibility index (Phi) is 3.38. The van der Waals surface area contributed by atoms with Gasteiger partial charge in [-0.3, -0.25) is 4.90 Å². The van der Waals surface area contributed by atoms with Crippen LogP contribution in [0, 0.1) is 6.92 Å². The summed E-state index contributed by atoms with van der Waals surface area (Å²) >= 11 is 5.98. The normalized spacial score (nSPS) is 23.2. The molecule has 1 aliphatic heterocycles. The van der Waals surface area contributed by atoms with Gasteiger partial charge in [0.15, 0.2) is 5.65 Å². The summed E-state index contributed by atoms with van der Waals surface area (Å²) < 4.78 is 2.36. The lowest BCUT2D eigenvalue weighted by Gasteiger charge is -2.18. The number of alkyl halides is 1. The Hall–Kier alpha value is -1.13. The van der Waals surface area contributed by atoms with Gasteiger partial charge in [0.1, 0.15) is 11.3 Å². The van der Waals surface area contributed by atoms with Crippen LogP contribution in [-0.4, -0.2) is 44.4 Å². The molecular formula is C16H21ClN4. The third-order valence-electron chi connectivity index (χ3n) is 4.68. The van der Waals surface area contributed by atoms with Crippen LogP contribution in [0.5, 0.6) is 0 Å². The van der Waals surface area contributed by atoms with Crippen LogP contribution in [0.15, 0.2) is 12.3 Å². The monoisotopic (exact) mass is 304 g/mol. The van der Waals surface area contributed by atoms with Crippen molar-refractivity contribution >= 4 is 22.8 Å². The Morgan fingerprint density at radius 1 is 1.29 bits per heavy atom. The first-order valence-corrected chi connectivity index (χ1v) is 8.43. The van der Waals surface area contributed by atoms with Gasteiger partial charge < -0.3 is 4.57 Å². The Labute approximate surface area is 130 Å². The smallest absolute Gasteiger partial charge is 0.160 e. The number of fused-ring (bicyclic) bond motifs is 1. The second-order valence-electron chi connectivity index (χ2n) is 6.36. The maximum absolute atomic E-state index is 5.98. The molecule has 4 rings (SSSR count). The molecule has 4 nitrogen and oxygen atoms in total. The highest BCUT2D eigenvalue weighted by atomic mass is 35.5. The van der Waals surface area contributed by atoms with E-state index in [1.807, 2.05) is 6.20 Å². The van der Waals surface area contributed by atoms with Crippen molar-refractivity contribution in [2.24, 2.45) is 0 Å². The van der Waals surface area contributed by atoms with Crippen molar-refractivity contribution in [1.82, 2.24) is 19.4 Å². The van der Waals surface area contributed by atoms with Crippen molar-refractivity contribution in [3.8, 4) is 0 Å². The minimum absolute atomic E-state index is 0.504. The van der Waals surface area contributed by atoms with Crippen LogP contribution in [0.25, 0.3) is 11.2 Å². The Balaban J connectivity index is 1.73. The van der Waals surface area contributed by atoms with E-state index < -0.39 is 0 Å². The molecule has 1 saturated heterocycles. The third kappa shape index (κ3) is 2.44. The molecule has 1 aliphatic carbocycles.